The lowest BCUT2D eigenvalue weighted by Gasteiger charge is -2.09. The molecule has 0 aliphatic rings. The van der Waals surface area contributed by atoms with Crippen LogP contribution in [0, 0.1) is 6.92 Å². The van der Waals surface area contributed by atoms with Gasteiger partial charge in [-0.2, -0.15) is 0 Å². The number of aryl methyl sites for hydroxylation is 1. The van der Waals surface area contributed by atoms with Crippen molar-refractivity contribution >= 4 is 17.5 Å². The molecule has 14 heavy (non-hydrogen) atoms. The zero-order valence-corrected chi connectivity index (χ0v) is 8.97. The van der Waals surface area contributed by atoms with Crippen molar-refractivity contribution in [3.05, 3.63) is 17.5 Å². The maximum absolute atomic E-state index is 11.5. The van der Waals surface area contributed by atoms with Crippen LogP contribution in [-0.2, 0) is 0 Å². The molecule has 5 heteroatoms. The van der Waals surface area contributed by atoms with Gasteiger partial charge in [-0.1, -0.05) is 5.16 Å². The third kappa shape index (κ3) is 3.03. The van der Waals surface area contributed by atoms with Crippen LogP contribution in [0.15, 0.2) is 10.6 Å². The van der Waals surface area contributed by atoms with E-state index in [1.165, 1.54) is 0 Å². The van der Waals surface area contributed by atoms with Crippen LogP contribution in [0.25, 0.3) is 0 Å². The fourth-order valence-electron chi connectivity index (χ4n) is 1.01. The molecule has 78 valence electrons. The summed E-state index contributed by atoms with van der Waals surface area (Å²) in [6, 6.07) is 1.65. The maximum Gasteiger partial charge on any atom is 0.273 e. The maximum atomic E-state index is 11.5. The molecule has 0 radical (unpaired) electrons. The standard InChI is InChI=1S/C9H13ClN2O2/c1-6(3-4-10)11-9(13)8-5-7(2)14-12-8/h5-6H,3-4H2,1-2H3,(H,11,13). The van der Waals surface area contributed by atoms with Gasteiger partial charge in [-0.25, -0.2) is 0 Å². The average molecular weight is 217 g/mol. The van der Waals surface area contributed by atoms with E-state index in [0.717, 1.165) is 6.42 Å². The number of amides is 1. The highest BCUT2D eigenvalue weighted by Gasteiger charge is 2.12. The van der Waals surface area contributed by atoms with E-state index in [1.807, 2.05) is 6.92 Å². The lowest BCUT2D eigenvalue weighted by Crippen LogP contribution is -2.32. The van der Waals surface area contributed by atoms with E-state index < -0.39 is 0 Å². The number of nitrogens with one attached hydrogen (secondary N) is 1. The van der Waals surface area contributed by atoms with Crippen LogP contribution < -0.4 is 5.32 Å². The summed E-state index contributed by atoms with van der Waals surface area (Å²) in [4.78, 5) is 11.5. The summed E-state index contributed by atoms with van der Waals surface area (Å²) in [6.45, 7) is 3.64. The van der Waals surface area contributed by atoms with Gasteiger partial charge in [-0.05, 0) is 20.3 Å². The van der Waals surface area contributed by atoms with Crippen LogP contribution in [0.5, 0.6) is 0 Å². The molecular weight excluding hydrogens is 204 g/mol. The number of aromatic nitrogens is 1. The van der Waals surface area contributed by atoms with Gasteiger partial charge in [0.15, 0.2) is 5.69 Å². The molecule has 4 nitrogen and oxygen atoms in total. The van der Waals surface area contributed by atoms with Gasteiger partial charge in [0, 0.05) is 18.0 Å². The molecule has 0 spiro atoms. The Morgan fingerprint density at radius 2 is 2.50 bits per heavy atom. The fourth-order valence-corrected chi connectivity index (χ4v) is 1.33. The summed E-state index contributed by atoms with van der Waals surface area (Å²) in [5, 5.41) is 6.37. The van der Waals surface area contributed by atoms with E-state index in [1.54, 1.807) is 13.0 Å². The van der Waals surface area contributed by atoms with Crippen LogP contribution in [0.1, 0.15) is 29.6 Å². The molecule has 1 atom stereocenters. The van der Waals surface area contributed by atoms with E-state index in [9.17, 15) is 4.79 Å². The molecule has 1 heterocycles. The summed E-state index contributed by atoms with van der Waals surface area (Å²) < 4.78 is 4.79. The number of carbonyl (C=O) groups is 1. The summed E-state index contributed by atoms with van der Waals surface area (Å²) in [5.41, 5.74) is 0.309. The number of hydrogen-bond donors (Lipinski definition) is 1. The Morgan fingerprint density at radius 1 is 1.79 bits per heavy atom. The molecule has 0 aliphatic heterocycles. The van der Waals surface area contributed by atoms with Crippen LogP contribution in [0.4, 0.5) is 0 Å². The third-order valence-electron chi connectivity index (χ3n) is 1.78. The molecule has 0 aliphatic carbocycles. The largest absolute Gasteiger partial charge is 0.361 e. The quantitative estimate of drug-likeness (QED) is 0.780. The Hall–Kier alpha value is -1.03. The van der Waals surface area contributed by atoms with Crippen molar-refractivity contribution in [3.63, 3.8) is 0 Å². The van der Waals surface area contributed by atoms with Crippen molar-refractivity contribution in [2.45, 2.75) is 26.3 Å². The molecule has 1 aromatic heterocycles. The van der Waals surface area contributed by atoms with E-state index in [-0.39, 0.29) is 11.9 Å². The van der Waals surface area contributed by atoms with Gasteiger partial charge < -0.3 is 9.84 Å². The van der Waals surface area contributed by atoms with Gasteiger partial charge in [0.1, 0.15) is 5.76 Å². The summed E-state index contributed by atoms with van der Waals surface area (Å²) in [7, 11) is 0. The Balaban J connectivity index is 2.50. The SMILES string of the molecule is Cc1cc(C(=O)NC(C)CCCl)no1. The van der Waals surface area contributed by atoms with Crippen molar-refractivity contribution in [1.29, 1.82) is 0 Å². The molecule has 1 unspecified atom stereocenters. The van der Waals surface area contributed by atoms with Gasteiger partial charge in [0.25, 0.3) is 5.91 Å². The second-order valence-corrected chi connectivity index (χ2v) is 3.55. The van der Waals surface area contributed by atoms with Crippen LogP contribution in [-0.4, -0.2) is 23.0 Å². The van der Waals surface area contributed by atoms with Crippen molar-refractivity contribution in [2.24, 2.45) is 0 Å². The fraction of sp³-hybridized carbons (Fsp3) is 0.556. The van der Waals surface area contributed by atoms with E-state index in [0.29, 0.717) is 17.3 Å². The second-order valence-electron chi connectivity index (χ2n) is 3.17. The Labute approximate surface area is 87.6 Å². The average Bonchev–Trinajstić information content (AvgIpc) is 2.52. The van der Waals surface area contributed by atoms with Gasteiger partial charge in [0.2, 0.25) is 0 Å². The minimum absolute atomic E-state index is 0.0528. The Bertz CT molecular complexity index is 312. The molecule has 0 aromatic carbocycles. The van der Waals surface area contributed by atoms with Crippen molar-refractivity contribution in [1.82, 2.24) is 10.5 Å². The number of rotatable bonds is 4. The first-order valence-corrected chi connectivity index (χ1v) is 4.97. The summed E-state index contributed by atoms with van der Waals surface area (Å²) >= 11 is 5.54. The molecule has 1 rings (SSSR count). The number of hydrogen-bond acceptors (Lipinski definition) is 3. The van der Waals surface area contributed by atoms with Crippen LogP contribution in [0.2, 0.25) is 0 Å². The van der Waals surface area contributed by atoms with Crippen molar-refractivity contribution in [2.75, 3.05) is 5.88 Å². The molecule has 1 amide bonds. The number of alkyl halides is 1. The first-order valence-electron chi connectivity index (χ1n) is 4.43. The van der Waals surface area contributed by atoms with E-state index >= 15 is 0 Å². The van der Waals surface area contributed by atoms with Gasteiger partial charge in [0.05, 0.1) is 0 Å². The highest BCUT2D eigenvalue weighted by Crippen LogP contribution is 2.02. The second kappa shape index (κ2) is 5.00. The first kappa shape index (κ1) is 11.0. The third-order valence-corrected chi connectivity index (χ3v) is 2.00. The van der Waals surface area contributed by atoms with Gasteiger partial charge in [-0.3, -0.25) is 4.79 Å². The number of halogens is 1. The van der Waals surface area contributed by atoms with E-state index in [2.05, 4.69) is 10.5 Å². The predicted molar refractivity (Wildman–Crippen MR) is 53.5 cm³/mol. The molecule has 1 N–H and O–H groups in total. The minimum atomic E-state index is -0.223. The summed E-state index contributed by atoms with van der Waals surface area (Å²) in [6.07, 6.45) is 0.740. The van der Waals surface area contributed by atoms with Crippen molar-refractivity contribution < 1.29 is 9.32 Å². The highest BCUT2D eigenvalue weighted by molar-refractivity contribution is 6.17. The normalized spacial score (nSPS) is 12.5. The lowest BCUT2D eigenvalue weighted by molar-refractivity contribution is 0.0930. The molecule has 0 fully saturated rings. The lowest BCUT2D eigenvalue weighted by atomic mass is 10.2. The van der Waals surface area contributed by atoms with Crippen LogP contribution >= 0.6 is 11.6 Å². The monoisotopic (exact) mass is 216 g/mol. The molecule has 0 saturated carbocycles. The number of nitrogens with zero attached hydrogens (tertiary/aromatic N) is 1. The summed E-state index contributed by atoms with van der Waals surface area (Å²) in [5.74, 6) is 0.929. The zero-order valence-electron chi connectivity index (χ0n) is 8.21. The molecular formula is C9H13ClN2O2. The molecule has 1 aromatic rings. The van der Waals surface area contributed by atoms with E-state index in [4.69, 9.17) is 16.1 Å². The zero-order chi connectivity index (χ0) is 10.6. The molecule has 0 saturated heterocycles. The Kier molecular flexibility index (Phi) is 3.95. The van der Waals surface area contributed by atoms with Gasteiger partial charge in [-0.15, -0.1) is 11.6 Å². The topological polar surface area (TPSA) is 55.1 Å². The molecule has 0 bridgehead atoms. The Morgan fingerprint density at radius 3 is 3.00 bits per heavy atom. The van der Waals surface area contributed by atoms with Crippen molar-refractivity contribution in [3.8, 4) is 0 Å². The minimum Gasteiger partial charge on any atom is -0.361 e. The first-order chi connectivity index (χ1) is 6.63. The predicted octanol–water partition coefficient (Wildman–Crippen LogP) is 1.73. The highest BCUT2D eigenvalue weighted by atomic mass is 35.5. The van der Waals surface area contributed by atoms with Gasteiger partial charge >= 0.3 is 0 Å². The van der Waals surface area contributed by atoms with Crippen LogP contribution in [0.3, 0.4) is 0 Å². The number of carbonyl (C=O) groups excluding carboxylic acids is 1. The smallest absolute Gasteiger partial charge is 0.273 e.